The van der Waals surface area contributed by atoms with Crippen molar-refractivity contribution in [3.8, 4) is 5.75 Å². The van der Waals surface area contributed by atoms with Gasteiger partial charge in [-0.25, -0.2) is 4.79 Å². The van der Waals surface area contributed by atoms with Crippen LogP contribution in [-0.2, 0) is 0 Å². The molecule has 21 heavy (non-hydrogen) atoms. The lowest BCUT2D eigenvalue weighted by atomic mass is 10.3. The Morgan fingerprint density at radius 2 is 1.71 bits per heavy atom. The van der Waals surface area contributed by atoms with E-state index < -0.39 is 0 Å². The van der Waals surface area contributed by atoms with Crippen LogP contribution in [0.1, 0.15) is 0 Å². The Hall–Kier alpha value is -2.60. The number of benzene rings is 2. The van der Waals surface area contributed by atoms with Gasteiger partial charge in [0.1, 0.15) is 17.3 Å². The lowest BCUT2D eigenvalue weighted by molar-refractivity contribution is 0.262. The molecular formula is C15H15N3O2S. The third-order valence-electron chi connectivity index (χ3n) is 2.50. The van der Waals surface area contributed by atoms with Crippen LogP contribution in [0.5, 0.6) is 5.75 Å². The molecule has 0 atom stereocenters. The molecule has 108 valence electrons. The van der Waals surface area contributed by atoms with Crippen molar-refractivity contribution in [1.29, 1.82) is 0 Å². The minimum Gasteiger partial charge on any atom is -0.486 e. The smallest absolute Gasteiger partial charge is 0.323 e. The van der Waals surface area contributed by atoms with Gasteiger partial charge in [0.2, 0.25) is 0 Å². The van der Waals surface area contributed by atoms with Crippen LogP contribution in [0.2, 0.25) is 0 Å². The number of urea groups is 1. The third kappa shape index (κ3) is 5.12. The molecule has 0 unspecified atom stereocenters. The second-order valence-electron chi connectivity index (χ2n) is 4.23. The lowest BCUT2D eigenvalue weighted by Crippen LogP contribution is -2.20. The average molecular weight is 301 g/mol. The maximum absolute atomic E-state index is 11.9. The fraction of sp³-hybridized carbons (Fsp3) is 0.0667. The minimum absolute atomic E-state index is 0.162. The van der Waals surface area contributed by atoms with E-state index in [0.717, 1.165) is 5.69 Å². The zero-order valence-corrected chi connectivity index (χ0v) is 12.0. The van der Waals surface area contributed by atoms with Crippen molar-refractivity contribution < 1.29 is 9.53 Å². The van der Waals surface area contributed by atoms with E-state index in [9.17, 15) is 4.79 Å². The fourth-order valence-electron chi connectivity index (χ4n) is 1.63. The SMILES string of the molecule is NC(=S)COc1cccc(NC(=O)Nc2ccccc2)c1. The molecule has 0 aliphatic carbocycles. The van der Waals surface area contributed by atoms with Crippen LogP contribution in [0.3, 0.4) is 0 Å². The number of carbonyl (C=O) groups is 1. The number of rotatable bonds is 5. The first-order valence-electron chi connectivity index (χ1n) is 6.28. The maximum atomic E-state index is 11.9. The van der Waals surface area contributed by atoms with Crippen molar-refractivity contribution in [2.75, 3.05) is 17.2 Å². The molecule has 0 heterocycles. The lowest BCUT2D eigenvalue weighted by Gasteiger charge is -2.09. The Balaban J connectivity index is 1.94. The van der Waals surface area contributed by atoms with E-state index in [0.29, 0.717) is 11.4 Å². The number of nitrogens with two attached hydrogens (primary N) is 1. The summed E-state index contributed by atoms with van der Waals surface area (Å²) >= 11 is 4.74. The van der Waals surface area contributed by atoms with Crippen molar-refractivity contribution >= 4 is 34.6 Å². The number of ether oxygens (including phenoxy) is 1. The fourth-order valence-corrected chi connectivity index (χ4v) is 1.69. The van der Waals surface area contributed by atoms with E-state index in [2.05, 4.69) is 10.6 Å². The molecule has 2 aromatic rings. The van der Waals surface area contributed by atoms with Crippen molar-refractivity contribution in [2.24, 2.45) is 5.73 Å². The third-order valence-corrected chi connectivity index (χ3v) is 2.62. The summed E-state index contributed by atoms with van der Waals surface area (Å²) in [6.45, 7) is 0.162. The molecule has 0 bridgehead atoms. The first-order chi connectivity index (χ1) is 10.1. The van der Waals surface area contributed by atoms with Gasteiger partial charge in [0.05, 0.1) is 0 Å². The highest BCUT2D eigenvalue weighted by Crippen LogP contribution is 2.17. The van der Waals surface area contributed by atoms with Crippen molar-refractivity contribution in [3.63, 3.8) is 0 Å². The highest BCUT2D eigenvalue weighted by Gasteiger charge is 2.03. The molecule has 0 spiro atoms. The Labute approximate surface area is 128 Å². The highest BCUT2D eigenvalue weighted by atomic mass is 32.1. The van der Waals surface area contributed by atoms with Gasteiger partial charge in [0.25, 0.3) is 0 Å². The van der Waals surface area contributed by atoms with Crippen LogP contribution in [0.25, 0.3) is 0 Å². The molecule has 5 nitrogen and oxygen atoms in total. The van der Waals surface area contributed by atoms with Gasteiger partial charge in [-0.15, -0.1) is 0 Å². The molecule has 4 N–H and O–H groups in total. The Bertz CT molecular complexity index is 632. The summed E-state index contributed by atoms with van der Waals surface area (Å²) in [6.07, 6.45) is 0. The van der Waals surface area contributed by atoms with Crippen molar-refractivity contribution in [1.82, 2.24) is 0 Å². The molecule has 2 amide bonds. The number of nitrogens with one attached hydrogen (secondary N) is 2. The Morgan fingerprint density at radius 1 is 1.05 bits per heavy atom. The number of amides is 2. The predicted octanol–water partition coefficient (Wildman–Crippen LogP) is 3.00. The Morgan fingerprint density at radius 3 is 2.43 bits per heavy atom. The monoisotopic (exact) mass is 301 g/mol. The number of hydrogen-bond donors (Lipinski definition) is 3. The van der Waals surface area contributed by atoms with Crippen LogP contribution >= 0.6 is 12.2 Å². The van der Waals surface area contributed by atoms with Crippen LogP contribution in [0.15, 0.2) is 54.6 Å². The van der Waals surface area contributed by atoms with Gasteiger partial charge in [-0.3, -0.25) is 0 Å². The van der Waals surface area contributed by atoms with Crippen molar-refractivity contribution in [3.05, 3.63) is 54.6 Å². The van der Waals surface area contributed by atoms with Gasteiger partial charge in [0, 0.05) is 17.4 Å². The van der Waals surface area contributed by atoms with E-state index >= 15 is 0 Å². The predicted molar refractivity (Wildman–Crippen MR) is 87.8 cm³/mol. The van der Waals surface area contributed by atoms with E-state index in [4.69, 9.17) is 22.7 Å². The quantitative estimate of drug-likeness (QED) is 0.742. The van der Waals surface area contributed by atoms with Gasteiger partial charge < -0.3 is 21.1 Å². The standard InChI is InChI=1S/C15H15N3O2S/c16-14(21)10-20-13-8-4-7-12(9-13)18-15(19)17-11-5-2-1-3-6-11/h1-9H,10H2,(H2,16,21)(H2,17,18,19). The zero-order chi connectivity index (χ0) is 15.1. The largest absolute Gasteiger partial charge is 0.486 e. The van der Waals surface area contributed by atoms with Crippen LogP contribution in [0.4, 0.5) is 16.2 Å². The number of anilines is 2. The summed E-state index contributed by atoms with van der Waals surface area (Å²) in [7, 11) is 0. The first-order valence-corrected chi connectivity index (χ1v) is 6.68. The van der Waals surface area contributed by atoms with Crippen LogP contribution in [0, 0.1) is 0 Å². The zero-order valence-electron chi connectivity index (χ0n) is 11.2. The number of carbonyl (C=O) groups excluding carboxylic acids is 1. The van der Waals surface area contributed by atoms with Gasteiger partial charge in [-0.1, -0.05) is 36.5 Å². The van der Waals surface area contributed by atoms with Gasteiger partial charge in [-0.05, 0) is 24.3 Å². The summed E-state index contributed by atoms with van der Waals surface area (Å²) < 4.78 is 5.37. The highest BCUT2D eigenvalue weighted by molar-refractivity contribution is 7.80. The molecule has 6 heteroatoms. The van der Waals surface area contributed by atoms with Gasteiger partial charge in [-0.2, -0.15) is 0 Å². The van der Waals surface area contributed by atoms with Gasteiger partial charge in [0.15, 0.2) is 0 Å². The molecule has 0 saturated carbocycles. The summed E-state index contributed by atoms with van der Waals surface area (Å²) in [5, 5.41) is 5.45. The topological polar surface area (TPSA) is 76.4 Å². The molecule has 0 aliphatic heterocycles. The molecule has 2 rings (SSSR count). The van der Waals surface area contributed by atoms with Crippen LogP contribution in [-0.4, -0.2) is 17.6 Å². The first kappa shape index (κ1) is 14.8. The van der Waals surface area contributed by atoms with Crippen molar-refractivity contribution in [2.45, 2.75) is 0 Å². The van der Waals surface area contributed by atoms with E-state index in [1.54, 1.807) is 36.4 Å². The van der Waals surface area contributed by atoms with E-state index in [1.807, 2.05) is 18.2 Å². The maximum Gasteiger partial charge on any atom is 0.323 e. The number of thiocarbonyl (C=S) groups is 1. The average Bonchev–Trinajstić information content (AvgIpc) is 2.46. The number of hydrogen-bond acceptors (Lipinski definition) is 3. The molecule has 0 saturated heterocycles. The van der Waals surface area contributed by atoms with E-state index in [-0.39, 0.29) is 17.6 Å². The molecule has 0 radical (unpaired) electrons. The molecule has 0 fully saturated rings. The second kappa shape index (κ2) is 7.25. The van der Waals surface area contributed by atoms with E-state index in [1.165, 1.54) is 0 Å². The second-order valence-corrected chi connectivity index (χ2v) is 4.75. The summed E-state index contributed by atoms with van der Waals surface area (Å²) in [6, 6.07) is 15.9. The number of para-hydroxylation sites is 1. The summed E-state index contributed by atoms with van der Waals surface area (Å²) in [5.74, 6) is 0.584. The molecule has 0 aromatic heterocycles. The molecule has 0 aliphatic rings. The summed E-state index contributed by atoms with van der Waals surface area (Å²) in [4.78, 5) is 12.1. The van der Waals surface area contributed by atoms with Crippen LogP contribution < -0.4 is 21.1 Å². The molecule has 2 aromatic carbocycles. The Kier molecular flexibility index (Phi) is 5.11. The molecular weight excluding hydrogens is 286 g/mol. The summed E-state index contributed by atoms with van der Waals surface area (Å²) in [5.41, 5.74) is 6.70. The normalized spacial score (nSPS) is 9.71. The van der Waals surface area contributed by atoms with Gasteiger partial charge >= 0.3 is 6.03 Å². The minimum atomic E-state index is -0.326.